The molecule has 5 aliphatic carbocycles. The van der Waals surface area contributed by atoms with Gasteiger partial charge >= 0.3 is 0 Å². The first-order valence-corrected chi connectivity index (χ1v) is 9.19. The number of fused-ring (bicyclic) bond motifs is 1. The quantitative estimate of drug-likeness (QED) is 0.729. The van der Waals surface area contributed by atoms with Crippen LogP contribution >= 0.6 is 0 Å². The average molecular weight is 332 g/mol. The Bertz CT molecular complexity index is 645. The van der Waals surface area contributed by atoms with Gasteiger partial charge in [-0.3, -0.25) is 14.4 Å². The number of aliphatic hydroxyl groups is 1. The molecule has 0 aromatic heterocycles. The molecule has 1 aliphatic heterocycles. The molecule has 6 unspecified atom stereocenters. The number of likely N-dealkylation sites (tertiary alicyclic amines) is 1. The second kappa shape index (κ2) is 4.40. The van der Waals surface area contributed by atoms with E-state index in [-0.39, 0.29) is 11.8 Å². The SMILES string of the molecule is NC(=O)C1CC2CC2N1C(=O)C(=O)C12CC3C[C@@H](CC(O)(C3)C1)C2. The summed E-state index contributed by atoms with van der Waals surface area (Å²) in [4.78, 5) is 39.4. The minimum atomic E-state index is -0.768. The van der Waals surface area contributed by atoms with Gasteiger partial charge in [0, 0.05) is 11.5 Å². The first kappa shape index (κ1) is 14.9. The van der Waals surface area contributed by atoms with E-state index < -0.39 is 28.9 Å². The summed E-state index contributed by atoms with van der Waals surface area (Å²) in [5, 5.41) is 10.8. The normalized spacial score (nSPS) is 50.7. The van der Waals surface area contributed by atoms with Crippen LogP contribution in [0.25, 0.3) is 0 Å². The van der Waals surface area contributed by atoms with E-state index >= 15 is 0 Å². The Hall–Kier alpha value is -1.43. The van der Waals surface area contributed by atoms with Crippen molar-refractivity contribution in [3.05, 3.63) is 0 Å². The van der Waals surface area contributed by atoms with Gasteiger partial charge in [-0.1, -0.05) is 0 Å². The minimum absolute atomic E-state index is 0.0240. The molecule has 2 amide bonds. The maximum Gasteiger partial charge on any atom is 0.291 e. The summed E-state index contributed by atoms with van der Waals surface area (Å²) in [5.74, 6) is -0.352. The Labute approximate surface area is 140 Å². The van der Waals surface area contributed by atoms with E-state index in [2.05, 4.69) is 0 Å². The van der Waals surface area contributed by atoms with Crippen LogP contribution in [0.3, 0.4) is 0 Å². The maximum atomic E-state index is 13.2. The van der Waals surface area contributed by atoms with Crippen LogP contribution in [-0.2, 0) is 14.4 Å². The lowest BCUT2D eigenvalue weighted by molar-refractivity contribution is -0.181. The summed E-state index contributed by atoms with van der Waals surface area (Å²) < 4.78 is 0. The van der Waals surface area contributed by atoms with Crippen molar-refractivity contribution in [1.82, 2.24) is 4.90 Å². The van der Waals surface area contributed by atoms with E-state index in [1.807, 2.05) is 0 Å². The fourth-order valence-electron chi connectivity index (χ4n) is 6.83. The van der Waals surface area contributed by atoms with E-state index in [1.165, 1.54) is 4.90 Å². The molecule has 24 heavy (non-hydrogen) atoms. The maximum absolute atomic E-state index is 13.2. The molecule has 0 spiro atoms. The van der Waals surface area contributed by atoms with Crippen LogP contribution < -0.4 is 5.73 Å². The Morgan fingerprint density at radius 2 is 1.67 bits per heavy atom. The van der Waals surface area contributed by atoms with Gasteiger partial charge in [-0.05, 0) is 69.1 Å². The van der Waals surface area contributed by atoms with Gasteiger partial charge in [0.15, 0.2) is 0 Å². The lowest BCUT2D eigenvalue weighted by Crippen LogP contribution is -2.61. The molecule has 7 atom stereocenters. The van der Waals surface area contributed by atoms with Gasteiger partial charge in [0.2, 0.25) is 11.7 Å². The van der Waals surface area contributed by atoms with Crippen molar-refractivity contribution >= 4 is 17.6 Å². The molecule has 130 valence electrons. The van der Waals surface area contributed by atoms with E-state index in [1.54, 1.807) is 0 Å². The van der Waals surface area contributed by atoms with E-state index in [4.69, 9.17) is 5.73 Å². The molecule has 1 saturated heterocycles. The van der Waals surface area contributed by atoms with Crippen LogP contribution in [0.2, 0.25) is 0 Å². The summed E-state index contributed by atoms with van der Waals surface area (Å²) in [7, 11) is 0. The summed E-state index contributed by atoms with van der Waals surface area (Å²) in [5.41, 5.74) is 3.98. The number of carbonyl (C=O) groups excluding carboxylic acids is 3. The number of amides is 2. The fourth-order valence-corrected chi connectivity index (χ4v) is 6.83. The van der Waals surface area contributed by atoms with Gasteiger partial charge < -0.3 is 15.7 Å². The number of primary amides is 1. The van der Waals surface area contributed by atoms with Gasteiger partial charge in [0.25, 0.3) is 5.91 Å². The second-order valence-electron chi connectivity index (χ2n) is 9.22. The number of nitrogens with two attached hydrogens (primary N) is 1. The number of rotatable bonds is 3. The standard InChI is InChI=1S/C18H24N2O4/c19-15(22)13-3-11-2-12(11)20(13)16(23)14(21)17-4-9-1-10(5-17)7-18(24,6-9)8-17/h9-13,24H,1-8H2,(H2,19,22)/t9-,10?,11?,12?,13?,17?,18?/m1/s1. The lowest BCUT2D eigenvalue weighted by atomic mass is 9.47. The average Bonchev–Trinajstić information content (AvgIpc) is 3.13. The van der Waals surface area contributed by atoms with Gasteiger partial charge in [-0.25, -0.2) is 0 Å². The molecule has 6 heteroatoms. The van der Waals surface area contributed by atoms with E-state index in [0.29, 0.717) is 30.6 Å². The second-order valence-corrected chi connectivity index (χ2v) is 9.22. The predicted octanol–water partition coefficient (Wildman–Crippen LogP) is 0.361. The Morgan fingerprint density at radius 3 is 2.25 bits per heavy atom. The van der Waals surface area contributed by atoms with Gasteiger partial charge in [-0.2, -0.15) is 0 Å². The molecule has 6 rings (SSSR count). The van der Waals surface area contributed by atoms with Gasteiger partial charge in [0.05, 0.1) is 5.60 Å². The van der Waals surface area contributed by atoms with E-state index in [9.17, 15) is 19.5 Å². The number of carbonyl (C=O) groups is 3. The molecule has 0 radical (unpaired) electrons. The Morgan fingerprint density at radius 1 is 1.00 bits per heavy atom. The largest absolute Gasteiger partial charge is 0.390 e. The summed E-state index contributed by atoms with van der Waals surface area (Å²) in [6, 6.07) is -0.599. The van der Waals surface area contributed by atoms with Crippen LogP contribution in [0.5, 0.6) is 0 Å². The first-order chi connectivity index (χ1) is 11.3. The van der Waals surface area contributed by atoms with Crippen LogP contribution in [0.4, 0.5) is 0 Å². The highest BCUT2D eigenvalue weighted by molar-refractivity contribution is 6.38. The number of hydrogen-bond donors (Lipinski definition) is 2. The number of nitrogens with zero attached hydrogens (tertiary/aromatic N) is 1. The van der Waals surface area contributed by atoms with Crippen LogP contribution in [-0.4, -0.2) is 45.3 Å². The highest BCUT2D eigenvalue weighted by Gasteiger charge is 2.63. The van der Waals surface area contributed by atoms with Crippen molar-refractivity contribution < 1.29 is 19.5 Å². The van der Waals surface area contributed by atoms with Gasteiger partial charge in [0.1, 0.15) is 6.04 Å². The van der Waals surface area contributed by atoms with Crippen molar-refractivity contribution in [3.63, 3.8) is 0 Å². The lowest BCUT2D eigenvalue weighted by Gasteiger charge is -2.59. The zero-order valence-corrected chi connectivity index (χ0v) is 13.7. The molecule has 5 saturated carbocycles. The molecule has 0 aromatic rings. The van der Waals surface area contributed by atoms with E-state index in [0.717, 1.165) is 38.5 Å². The van der Waals surface area contributed by atoms with Gasteiger partial charge in [-0.15, -0.1) is 0 Å². The highest BCUT2D eigenvalue weighted by Crippen LogP contribution is 2.62. The third-order valence-corrected chi connectivity index (χ3v) is 7.37. The molecule has 6 aliphatic rings. The molecule has 0 aromatic carbocycles. The topological polar surface area (TPSA) is 101 Å². The molecular weight excluding hydrogens is 308 g/mol. The smallest absolute Gasteiger partial charge is 0.291 e. The Kier molecular flexibility index (Phi) is 2.72. The third kappa shape index (κ3) is 1.89. The molecule has 3 N–H and O–H groups in total. The van der Waals surface area contributed by atoms with Crippen LogP contribution in [0.15, 0.2) is 0 Å². The van der Waals surface area contributed by atoms with Crippen LogP contribution in [0.1, 0.15) is 51.4 Å². The number of ketones is 1. The molecule has 4 bridgehead atoms. The zero-order chi connectivity index (χ0) is 16.9. The molecular formula is C18H24N2O4. The predicted molar refractivity (Wildman–Crippen MR) is 83.4 cm³/mol. The monoisotopic (exact) mass is 332 g/mol. The molecule has 6 fully saturated rings. The Balaban J connectivity index is 1.44. The van der Waals surface area contributed by atoms with Crippen molar-refractivity contribution in [2.45, 2.75) is 69.1 Å². The summed E-state index contributed by atoms with van der Waals surface area (Å²) in [6.07, 6.45) is 5.95. The third-order valence-electron chi connectivity index (χ3n) is 7.37. The summed E-state index contributed by atoms with van der Waals surface area (Å²) in [6.45, 7) is 0. The number of hydrogen-bond acceptors (Lipinski definition) is 4. The highest BCUT2D eigenvalue weighted by atomic mass is 16.3. The van der Waals surface area contributed by atoms with Crippen LogP contribution in [0, 0.1) is 23.2 Å². The number of Topliss-reactive ketones (excluding diaryl/α,β-unsaturated/α-hetero) is 1. The van der Waals surface area contributed by atoms with Crippen molar-refractivity contribution in [1.29, 1.82) is 0 Å². The first-order valence-electron chi connectivity index (χ1n) is 9.19. The van der Waals surface area contributed by atoms with Crippen molar-refractivity contribution in [2.75, 3.05) is 0 Å². The fraction of sp³-hybridized carbons (Fsp3) is 0.833. The van der Waals surface area contributed by atoms with Crippen molar-refractivity contribution in [2.24, 2.45) is 28.9 Å². The minimum Gasteiger partial charge on any atom is -0.390 e. The molecule has 1 heterocycles. The van der Waals surface area contributed by atoms with Crippen molar-refractivity contribution in [3.8, 4) is 0 Å². The summed E-state index contributed by atoms with van der Waals surface area (Å²) >= 11 is 0. The number of piperidine rings is 1. The zero-order valence-electron chi connectivity index (χ0n) is 13.7. The molecule has 6 nitrogen and oxygen atoms in total.